The van der Waals surface area contributed by atoms with E-state index in [1.54, 1.807) is 4.57 Å². The second kappa shape index (κ2) is 8.44. The number of nitrogens with one attached hydrogen (secondary N) is 1. The van der Waals surface area contributed by atoms with Crippen molar-refractivity contribution in [3.63, 3.8) is 0 Å². The van der Waals surface area contributed by atoms with Crippen LogP contribution in [-0.4, -0.2) is 27.9 Å². The lowest BCUT2D eigenvalue weighted by molar-refractivity contribution is 0.0421. The maximum absolute atomic E-state index is 12.3. The monoisotopic (exact) mass is 352 g/mol. The Morgan fingerprint density at radius 1 is 1.35 bits per heavy atom. The van der Waals surface area contributed by atoms with Gasteiger partial charge in [-0.05, 0) is 30.3 Å². The molecule has 23 heavy (non-hydrogen) atoms. The highest BCUT2D eigenvalue weighted by molar-refractivity contribution is 7.99. The van der Waals surface area contributed by atoms with E-state index in [2.05, 4.69) is 4.98 Å². The molecular formula is C16H20N2O3S2. The highest BCUT2D eigenvalue weighted by atomic mass is 32.2. The largest absolute Gasteiger partial charge is 0.394 e. The van der Waals surface area contributed by atoms with Crippen LogP contribution in [0.1, 0.15) is 25.3 Å². The van der Waals surface area contributed by atoms with Gasteiger partial charge < -0.3 is 9.84 Å². The third kappa shape index (κ3) is 4.54. The van der Waals surface area contributed by atoms with Gasteiger partial charge in [0.2, 0.25) is 0 Å². The number of hydrogen-bond donors (Lipinski definition) is 2. The van der Waals surface area contributed by atoms with Crippen LogP contribution in [-0.2, 0) is 11.5 Å². The van der Waals surface area contributed by atoms with E-state index in [9.17, 15) is 4.79 Å². The summed E-state index contributed by atoms with van der Waals surface area (Å²) in [5.74, 6) is 0.0460. The summed E-state index contributed by atoms with van der Waals surface area (Å²) in [7, 11) is 0. The van der Waals surface area contributed by atoms with Crippen molar-refractivity contribution >= 4 is 24.0 Å². The van der Waals surface area contributed by atoms with Crippen molar-refractivity contribution in [2.24, 2.45) is 0 Å². The van der Waals surface area contributed by atoms with Crippen molar-refractivity contribution in [3.05, 3.63) is 51.0 Å². The fraction of sp³-hybridized carbons (Fsp3) is 0.375. The van der Waals surface area contributed by atoms with Crippen LogP contribution in [0.4, 0.5) is 0 Å². The zero-order chi connectivity index (χ0) is 16.8. The number of aromatic nitrogens is 2. The average molecular weight is 352 g/mol. The van der Waals surface area contributed by atoms with Crippen molar-refractivity contribution in [1.29, 1.82) is 0 Å². The molecule has 1 aromatic heterocycles. The molecule has 0 aliphatic rings. The van der Waals surface area contributed by atoms with Crippen molar-refractivity contribution in [2.45, 2.75) is 36.4 Å². The van der Waals surface area contributed by atoms with Crippen molar-refractivity contribution in [1.82, 2.24) is 9.55 Å². The lowest BCUT2D eigenvalue weighted by Gasteiger charge is -2.18. The Labute approximate surface area is 144 Å². The number of aromatic amines is 1. The normalized spacial score (nSPS) is 11.1. The molecule has 0 bridgehead atoms. The summed E-state index contributed by atoms with van der Waals surface area (Å²) in [6, 6.07) is 9.82. The standard InChI is InChI=1S/C16H20N2O3S2/c1-11(2)13-14(20)17-16(22)18(10-21-9-8-19)15(13)23-12-6-4-3-5-7-12/h3-7,11,19H,8-10H2,1-2H3,(H,17,20,22). The van der Waals surface area contributed by atoms with Gasteiger partial charge in [0.05, 0.1) is 23.8 Å². The van der Waals surface area contributed by atoms with Crippen molar-refractivity contribution in [2.75, 3.05) is 13.2 Å². The zero-order valence-corrected chi connectivity index (χ0v) is 14.7. The summed E-state index contributed by atoms with van der Waals surface area (Å²) >= 11 is 6.78. The van der Waals surface area contributed by atoms with E-state index in [1.807, 2.05) is 44.2 Å². The van der Waals surface area contributed by atoms with E-state index in [1.165, 1.54) is 11.8 Å². The minimum absolute atomic E-state index is 0.0460. The molecule has 2 aromatic rings. The number of H-pyrrole nitrogens is 1. The van der Waals surface area contributed by atoms with Gasteiger partial charge in [-0.1, -0.05) is 43.8 Å². The van der Waals surface area contributed by atoms with Crippen LogP contribution < -0.4 is 5.56 Å². The maximum Gasteiger partial charge on any atom is 0.256 e. The summed E-state index contributed by atoms with van der Waals surface area (Å²) in [4.78, 5) is 16.1. The molecule has 0 radical (unpaired) electrons. The fourth-order valence-electron chi connectivity index (χ4n) is 2.12. The van der Waals surface area contributed by atoms with Crippen molar-refractivity contribution < 1.29 is 9.84 Å². The molecule has 5 nitrogen and oxygen atoms in total. The second-order valence-corrected chi connectivity index (χ2v) is 6.69. The molecule has 0 amide bonds. The summed E-state index contributed by atoms with van der Waals surface area (Å²) in [5, 5.41) is 9.66. The Kier molecular flexibility index (Phi) is 6.59. The Hall–Kier alpha value is -1.41. The molecule has 0 unspecified atom stereocenters. The molecule has 0 atom stereocenters. The number of aliphatic hydroxyl groups excluding tert-OH is 1. The fourth-order valence-corrected chi connectivity index (χ4v) is 3.63. The van der Waals surface area contributed by atoms with Gasteiger partial charge in [-0.25, -0.2) is 0 Å². The third-order valence-electron chi connectivity index (χ3n) is 3.18. The highest BCUT2D eigenvalue weighted by Crippen LogP contribution is 2.32. The lowest BCUT2D eigenvalue weighted by atomic mass is 10.1. The van der Waals surface area contributed by atoms with Gasteiger partial charge in [-0.3, -0.25) is 14.3 Å². The number of rotatable bonds is 7. The van der Waals surface area contributed by atoms with Gasteiger partial charge >= 0.3 is 0 Å². The van der Waals surface area contributed by atoms with Crippen LogP contribution in [0.3, 0.4) is 0 Å². The highest BCUT2D eigenvalue weighted by Gasteiger charge is 2.17. The van der Waals surface area contributed by atoms with Crippen LogP contribution in [0.2, 0.25) is 0 Å². The molecule has 1 heterocycles. The first-order valence-electron chi connectivity index (χ1n) is 7.33. The molecule has 0 aliphatic carbocycles. The summed E-state index contributed by atoms with van der Waals surface area (Å²) in [5.41, 5.74) is 0.516. The predicted molar refractivity (Wildman–Crippen MR) is 93.6 cm³/mol. The van der Waals surface area contributed by atoms with Gasteiger partial charge in [0.1, 0.15) is 6.73 Å². The first kappa shape index (κ1) is 17.9. The Morgan fingerprint density at radius 3 is 2.65 bits per heavy atom. The second-order valence-electron chi connectivity index (χ2n) is 5.24. The maximum atomic E-state index is 12.3. The molecule has 7 heteroatoms. The van der Waals surface area contributed by atoms with E-state index in [-0.39, 0.29) is 31.4 Å². The summed E-state index contributed by atoms with van der Waals surface area (Å²) in [6.07, 6.45) is 0. The predicted octanol–water partition coefficient (Wildman–Crippen LogP) is 3.15. The van der Waals surface area contributed by atoms with E-state index >= 15 is 0 Å². The Morgan fingerprint density at radius 2 is 2.04 bits per heavy atom. The van der Waals surface area contributed by atoms with Crippen LogP contribution in [0.25, 0.3) is 0 Å². The molecule has 124 valence electrons. The van der Waals surface area contributed by atoms with Crippen LogP contribution in [0, 0.1) is 4.77 Å². The SMILES string of the molecule is CC(C)c1c(Sc2ccccc2)n(COCCO)c(=S)[nH]c1=O. The van der Waals surface area contributed by atoms with Gasteiger partial charge in [0.15, 0.2) is 4.77 Å². The van der Waals surface area contributed by atoms with E-state index in [0.717, 1.165) is 9.92 Å². The van der Waals surface area contributed by atoms with E-state index in [4.69, 9.17) is 22.1 Å². The smallest absolute Gasteiger partial charge is 0.256 e. The van der Waals surface area contributed by atoms with Gasteiger partial charge in [0.25, 0.3) is 5.56 Å². The minimum atomic E-state index is -0.165. The number of benzene rings is 1. The van der Waals surface area contributed by atoms with Gasteiger partial charge in [0, 0.05) is 4.90 Å². The van der Waals surface area contributed by atoms with Crippen LogP contribution >= 0.6 is 24.0 Å². The van der Waals surface area contributed by atoms with Crippen LogP contribution in [0.5, 0.6) is 0 Å². The number of aliphatic hydroxyl groups is 1. The lowest BCUT2D eigenvalue weighted by Crippen LogP contribution is -2.23. The van der Waals surface area contributed by atoms with Gasteiger partial charge in [-0.15, -0.1) is 0 Å². The molecule has 0 spiro atoms. The number of ether oxygens (including phenoxy) is 1. The first-order valence-corrected chi connectivity index (χ1v) is 8.55. The molecule has 0 saturated heterocycles. The van der Waals surface area contributed by atoms with Crippen molar-refractivity contribution in [3.8, 4) is 0 Å². The average Bonchev–Trinajstić information content (AvgIpc) is 2.50. The van der Waals surface area contributed by atoms with E-state index in [0.29, 0.717) is 10.3 Å². The first-order chi connectivity index (χ1) is 11.0. The zero-order valence-electron chi connectivity index (χ0n) is 13.1. The molecular weight excluding hydrogens is 332 g/mol. The Bertz CT molecular complexity index is 754. The quantitative estimate of drug-likeness (QED) is 0.455. The molecule has 0 saturated carbocycles. The summed E-state index contributed by atoms with van der Waals surface area (Å²) in [6.45, 7) is 4.29. The molecule has 1 aromatic carbocycles. The topological polar surface area (TPSA) is 67.2 Å². The number of hydrogen-bond acceptors (Lipinski definition) is 5. The summed E-state index contributed by atoms with van der Waals surface area (Å²) < 4.78 is 7.49. The number of nitrogens with zero attached hydrogens (tertiary/aromatic N) is 1. The minimum Gasteiger partial charge on any atom is -0.394 e. The van der Waals surface area contributed by atoms with E-state index < -0.39 is 0 Å². The van der Waals surface area contributed by atoms with Gasteiger partial charge in [-0.2, -0.15) is 0 Å². The third-order valence-corrected chi connectivity index (χ3v) is 4.64. The molecule has 2 rings (SSSR count). The molecule has 2 N–H and O–H groups in total. The van der Waals surface area contributed by atoms with Crippen LogP contribution in [0.15, 0.2) is 45.0 Å². The Balaban J connectivity index is 2.53. The molecule has 0 aliphatic heterocycles. The molecule has 0 fully saturated rings.